The van der Waals surface area contributed by atoms with E-state index >= 15 is 0 Å². The Morgan fingerprint density at radius 1 is 1.36 bits per heavy atom. The summed E-state index contributed by atoms with van der Waals surface area (Å²) in [4.78, 5) is 16.0. The highest BCUT2D eigenvalue weighted by atomic mass is 16.3. The molecule has 1 aromatic heterocycles. The molecule has 0 fully saturated rings. The first-order chi connectivity index (χ1) is 10.6. The molecule has 1 heterocycles. The zero-order valence-corrected chi connectivity index (χ0v) is 13.1. The van der Waals surface area contributed by atoms with Gasteiger partial charge in [0.1, 0.15) is 5.82 Å². The maximum atomic E-state index is 11.8. The molecule has 0 spiro atoms. The summed E-state index contributed by atoms with van der Waals surface area (Å²) in [6.07, 6.45) is 4.20. The van der Waals surface area contributed by atoms with E-state index < -0.39 is 6.10 Å². The summed E-state index contributed by atoms with van der Waals surface area (Å²) in [7, 11) is 0. The van der Waals surface area contributed by atoms with E-state index in [1.54, 1.807) is 6.20 Å². The van der Waals surface area contributed by atoms with E-state index in [-0.39, 0.29) is 12.5 Å². The fourth-order valence-electron chi connectivity index (χ4n) is 2.42. The molecule has 0 aliphatic rings. The molecule has 2 N–H and O–H groups in total. The van der Waals surface area contributed by atoms with Crippen molar-refractivity contribution in [3.8, 4) is 0 Å². The van der Waals surface area contributed by atoms with E-state index in [9.17, 15) is 9.90 Å². The molecular weight excluding hydrogens is 278 g/mol. The van der Waals surface area contributed by atoms with Crippen LogP contribution >= 0.6 is 0 Å². The molecule has 1 atom stereocenters. The normalized spacial score (nSPS) is 12.1. The number of aliphatic hydroxyl groups is 1. The number of aromatic nitrogens is 2. The van der Waals surface area contributed by atoms with Crippen molar-refractivity contribution in [1.29, 1.82) is 0 Å². The summed E-state index contributed by atoms with van der Waals surface area (Å²) in [5.41, 5.74) is 1.89. The second-order valence-electron chi connectivity index (χ2n) is 5.45. The number of aryl methyl sites for hydroxylation is 3. The zero-order valence-electron chi connectivity index (χ0n) is 13.1. The van der Waals surface area contributed by atoms with Gasteiger partial charge in [-0.15, -0.1) is 0 Å². The fraction of sp³-hybridized carbons (Fsp3) is 0.412. The molecule has 0 saturated carbocycles. The van der Waals surface area contributed by atoms with E-state index in [0.717, 1.165) is 29.9 Å². The first kappa shape index (κ1) is 16.2. The van der Waals surface area contributed by atoms with Crippen LogP contribution in [0.15, 0.2) is 36.7 Å². The number of nitrogens with zero attached hydrogens (tertiary/aromatic N) is 2. The molecular formula is C17H23N3O2. The van der Waals surface area contributed by atoms with Gasteiger partial charge in [-0.2, -0.15) is 0 Å². The third-order valence-electron chi connectivity index (χ3n) is 3.77. The highest BCUT2D eigenvalue weighted by molar-refractivity contribution is 5.75. The molecule has 0 bridgehead atoms. The number of carbonyl (C=O) groups is 1. The third kappa shape index (κ3) is 4.43. The van der Waals surface area contributed by atoms with E-state index in [1.165, 1.54) is 0 Å². The maximum Gasteiger partial charge on any atom is 0.220 e. The number of carbonyl (C=O) groups excluding carboxylic acids is 1. The van der Waals surface area contributed by atoms with Gasteiger partial charge >= 0.3 is 0 Å². The lowest BCUT2D eigenvalue weighted by molar-refractivity contribution is -0.121. The standard InChI is InChI=1S/C17H23N3O2/c1-13-6-3-4-7-15(13)16(21)12-19-17(22)8-5-10-20-11-9-18-14(20)2/h3-4,6-7,9,11,16,21H,5,8,10,12H2,1-2H3,(H,19,22). The summed E-state index contributed by atoms with van der Waals surface area (Å²) in [6, 6.07) is 7.66. The first-order valence-electron chi connectivity index (χ1n) is 7.56. The predicted octanol–water partition coefficient (Wildman–Crippen LogP) is 2.13. The Morgan fingerprint density at radius 2 is 2.14 bits per heavy atom. The highest BCUT2D eigenvalue weighted by Gasteiger charge is 2.11. The smallest absolute Gasteiger partial charge is 0.220 e. The van der Waals surface area contributed by atoms with E-state index in [4.69, 9.17) is 0 Å². The van der Waals surface area contributed by atoms with Gasteiger partial charge in [-0.3, -0.25) is 4.79 Å². The summed E-state index contributed by atoms with van der Waals surface area (Å²) >= 11 is 0. The average Bonchev–Trinajstić information content (AvgIpc) is 2.91. The van der Waals surface area contributed by atoms with Crippen LogP contribution in [0.25, 0.3) is 0 Å². The molecule has 2 aromatic rings. The molecule has 2 rings (SSSR count). The number of hydrogen-bond donors (Lipinski definition) is 2. The number of aliphatic hydroxyl groups excluding tert-OH is 1. The van der Waals surface area contributed by atoms with Crippen molar-refractivity contribution in [2.75, 3.05) is 6.54 Å². The predicted molar refractivity (Wildman–Crippen MR) is 85.3 cm³/mol. The lowest BCUT2D eigenvalue weighted by Gasteiger charge is -2.14. The van der Waals surface area contributed by atoms with Crippen LogP contribution in [-0.4, -0.2) is 27.1 Å². The minimum absolute atomic E-state index is 0.0367. The van der Waals surface area contributed by atoms with Gasteiger partial charge in [-0.25, -0.2) is 4.98 Å². The minimum atomic E-state index is -0.666. The summed E-state index contributed by atoms with van der Waals surface area (Å²) in [6.45, 7) is 4.92. The third-order valence-corrected chi connectivity index (χ3v) is 3.77. The van der Waals surface area contributed by atoms with Crippen molar-refractivity contribution in [2.24, 2.45) is 0 Å². The second-order valence-corrected chi connectivity index (χ2v) is 5.45. The summed E-state index contributed by atoms with van der Waals surface area (Å²) in [5.74, 6) is 0.917. The Balaban J connectivity index is 1.71. The Hall–Kier alpha value is -2.14. The lowest BCUT2D eigenvalue weighted by atomic mass is 10.0. The minimum Gasteiger partial charge on any atom is -0.387 e. The molecule has 0 saturated heterocycles. The lowest BCUT2D eigenvalue weighted by Crippen LogP contribution is -2.28. The van der Waals surface area contributed by atoms with Crippen LogP contribution < -0.4 is 5.32 Å². The van der Waals surface area contributed by atoms with Crippen LogP contribution in [-0.2, 0) is 11.3 Å². The molecule has 5 nitrogen and oxygen atoms in total. The Labute approximate surface area is 131 Å². The average molecular weight is 301 g/mol. The maximum absolute atomic E-state index is 11.8. The van der Waals surface area contributed by atoms with Gasteiger partial charge in [0.15, 0.2) is 0 Å². The molecule has 22 heavy (non-hydrogen) atoms. The number of imidazole rings is 1. The Bertz CT molecular complexity index is 622. The van der Waals surface area contributed by atoms with Crippen molar-refractivity contribution >= 4 is 5.91 Å². The summed E-state index contributed by atoms with van der Waals surface area (Å²) < 4.78 is 2.02. The fourth-order valence-corrected chi connectivity index (χ4v) is 2.42. The van der Waals surface area contributed by atoms with Crippen LogP contribution in [0.4, 0.5) is 0 Å². The van der Waals surface area contributed by atoms with Crippen molar-refractivity contribution in [1.82, 2.24) is 14.9 Å². The number of nitrogens with one attached hydrogen (secondary N) is 1. The first-order valence-corrected chi connectivity index (χ1v) is 7.56. The van der Waals surface area contributed by atoms with Gasteiger partial charge in [0.05, 0.1) is 6.10 Å². The molecule has 118 valence electrons. The quantitative estimate of drug-likeness (QED) is 0.823. The van der Waals surface area contributed by atoms with Crippen LogP contribution in [0.5, 0.6) is 0 Å². The van der Waals surface area contributed by atoms with E-state index in [0.29, 0.717) is 6.42 Å². The molecule has 0 aliphatic heterocycles. The molecule has 1 amide bonds. The van der Waals surface area contributed by atoms with Crippen molar-refractivity contribution in [3.63, 3.8) is 0 Å². The van der Waals surface area contributed by atoms with Gasteiger partial charge in [0, 0.05) is 31.9 Å². The van der Waals surface area contributed by atoms with Gasteiger partial charge < -0.3 is 15.0 Å². The molecule has 5 heteroatoms. The number of amides is 1. The summed E-state index contributed by atoms with van der Waals surface area (Å²) in [5, 5.41) is 12.9. The number of hydrogen-bond acceptors (Lipinski definition) is 3. The van der Waals surface area contributed by atoms with Gasteiger partial charge in [-0.1, -0.05) is 24.3 Å². The van der Waals surface area contributed by atoms with E-state index in [2.05, 4.69) is 10.3 Å². The van der Waals surface area contributed by atoms with E-state index in [1.807, 2.05) is 48.9 Å². The molecule has 0 aliphatic carbocycles. The highest BCUT2D eigenvalue weighted by Crippen LogP contribution is 2.16. The molecule has 1 aromatic carbocycles. The van der Waals surface area contributed by atoms with Crippen LogP contribution in [0, 0.1) is 13.8 Å². The zero-order chi connectivity index (χ0) is 15.9. The van der Waals surface area contributed by atoms with Crippen molar-refractivity contribution in [2.45, 2.75) is 39.3 Å². The Morgan fingerprint density at radius 3 is 2.82 bits per heavy atom. The molecule has 0 radical (unpaired) electrons. The van der Waals surface area contributed by atoms with Crippen LogP contribution in [0.2, 0.25) is 0 Å². The van der Waals surface area contributed by atoms with Gasteiger partial charge in [0.2, 0.25) is 5.91 Å². The Kier molecular flexibility index (Phi) is 5.72. The van der Waals surface area contributed by atoms with Gasteiger partial charge in [-0.05, 0) is 31.4 Å². The monoisotopic (exact) mass is 301 g/mol. The number of rotatable bonds is 7. The van der Waals surface area contributed by atoms with Crippen molar-refractivity contribution in [3.05, 3.63) is 53.6 Å². The van der Waals surface area contributed by atoms with Gasteiger partial charge in [0.25, 0.3) is 0 Å². The van der Waals surface area contributed by atoms with Crippen LogP contribution in [0.1, 0.15) is 35.9 Å². The largest absolute Gasteiger partial charge is 0.387 e. The van der Waals surface area contributed by atoms with Crippen LogP contribution in [0.3, 0.4) is 0 Å². The SMILES string of the molecule is Cc1ccccc1C(O)CNC(=O)CCCn1ccnc1C. The topological polar surface area (TPSA) is 67.2 Å². The second kappa shape index (κ2) is 7.75. The molecule has 1 unspecified atom stereocenters. The van der Waals surface area contributed by atoms with Crippen molar-refractivity contribution < 1.29 is 9.90 Å². The number of benzene rings is 1.